The third kappa shape index (κ3) is 4.88. The molecule has 2 amide bonds. The van der Waals surface area contributed by atoms with Gasteiger partial charge in [-0.25, -0.2) is 0 Å². The molecule has 1 rings (SSSR count). The maximum absolute atomic E-state index is 12.3. The van der Waals surface area contributed by atoms with Crippen LogP contribution >= 0.6 is 0 Å². The summed E-state index contributed by atoms with van der Waals surface area (Å²) in [6.07, 6.45) is 2.70. The Labute approximate surface area is 125 Å². The van der Waals surface area contributed by atoms with Gasteiger partial charge in [0.1, 0.15) is 6.54 Å². The summed E-state index contributed by atoms with van der Waals surface area (Å²) in [5.74, 6) is -1.33. The van der Waals surface area contributed by atoms with E-state index >= 15 is 0 Å². The molecule has 118 valence electrons. The first-order valence-electron chi connectivity index (χ1n) is 7.27. The minimum absolute atomic E-state index is 0.0403. The molecule has 0 bridgehead atoms. The van der Waals surface area contributed by atoms with Crippen LogP contribution in [0, 0.1) is 11.8 Å². The van der Waals surface area contributed by atoms with Crippen LogP contribution in [0.3, 0.4) is 0 Å². The Morgan fingerprint density at radius 3 is 2.33 bits per heavy atom. The van der Waals surface area contributed by atoms with Crippen LogP contribution in [0.2, 0.25) is 0 Å². The lowest BCUT2D eigenvalue weighted by atomic mass is 9.94. The zero-order chi connectivity index (χ0) is 16.0. The number of rotatable bonds is 6. The average Bonchev–Trinajstić information content (AvgIpc) is 2.45. The van der Waals surface area contributed by atoms with Gasteiger partial charge in [-0.15, -0.1) is 6.58 Å². The Bertz CT molecular complexity index is 412. The van der Waals surface area contributed by atoms with Gasteiger partial charge in [-0.05, 0) is 12.8 Å². The van der Waals surface area contributed by atoms with Crippen LogP contribution in [0.5, 0.6) is 0 Å². The molecule has 1 fully saturated rings. The van der Waals surface area contributed by atoms with E-state index in [1.807, 2.05) is 13.8 Å². The monoisotopic (exact) mass is 296 g/mol. The van der Waals surface area contributed by atoms with Gasteiger partial charge in [-0.2, -0.15) is 0 Å². The van der Waals surface area contributed by atoms with Crippen LogP contribution < -0.4 is 0 Å². The summed E-state index contributed by atoms with van der Waals surface area (Å²) < 4.78 is 0. The van der Waals surface area contributed by atoms with Crippen molar-refractivity contribution in [2.45, 2.75) is 26.7 Å². The van der Waals surface area contributed by atoms with E-state index < -0.39 is 5.97 Å². The molecule has 0 aromatic rings. The minimum Gasteiger partial charge on any atom is -0.480 e. The van der Waals surface area contributed by atoms with Gasteiger partial charge >= 0.3 is 5.97 Å². The molecule has 1 saturated heterocycles. The molecule has 0 aromatic carbocycles. The summed E-state index contributed by atoms with van der Waals surface area (Å²) in [6, 6.07) is 0. The van der Waals surface area contributed by atoms with Gasteiger partial charge in [0.2, 0.25) is 11.8 Å². The fourth-order valence-corrected chi connectivity index (χ4v) is 2.52. The van der Waals surface area contributed by atoms with Crippen LogP contribution in [0.4, 0.5) is 0 Å². The maximum Gasteiger partial charge on any atom is 0.323 e. The van der Waals surface area contributed by atoms with Crippen molar-refractivity contribution in [1.82, 2.24) is 9.80 Å². The highest BCUT2D eigenvalue weighted by Gasteiger charge is 2.31. The lowest BCUT2D eigenvalue weighted by molar-refractivity contribution is -0.147. The van der Waals surface area contributed by atoms with E-state index in [9.17, 15) is 14.4 Å². The number of carbonyl (C=O) groups is 3. The summed E-state index contributed by atoms with van der Waals surface area (Å²) >= 11 is 0. The van der Waals surface area contributed by atoms with Crippen LogP contribution in [0.1, 0.15) is 26.7 Å². The van der Waals surface area contributed by atoms with Crippen molar-refractivity contribution < 1.29 is 19.5 Å². The number of hydrogen-bond donors (Lipinski definition) is 1. The van der Waals surface area contributed by atoms with Crippen LogP contribution in [0.25, 0.3) is 0 Å². The molecule has 6 heteroatoms. The van der Waals surface area contributed by atoms with E-state index in [1.54, 1.807) is 4.90 Å². The van der Waals surface area contributed by atoms with E-state index in [1.165, 1.54) is 11.0 Å². The highest BCUT2D eigenvalue weighted by molar-refractivity contribution is 5.84. The molecule has 0 saturated carbocycles. The molecular weight excluding hydrogens is 272 g/mol. The van der Waals surface area contributed by atoms with Crippen LogP contribution in [-0.4, -0.2) is 58.9 Å². The highest BCUT2D eigenvalue weighted by Crippen LogP contribution is 2.21. The predicted molar refractivity (Wildman–Crippen MR) is 78.6 cm³/mol. The van der Waals surface area contributed by atoms with Crippen LogP contribution in [0.15, 0.2) is 12.7 Å². The average molecular weight is 296 g/mol. The molecule has 0 atom stereocenters. The van der Waals surface area contributed by atoms with Crippen molar-refractivity contribution >= 4 is 17.8 Å². The Balaban J connectivity index is 2.59. The Hall–Kier alpha value is -1.85. The van der Waals surface area contributed by atoms with Gasteiger partial charge in [0.25, 0.3) is 0 Å². The fourth-order valence-electron chi connectivity index (χ4n) is 2.52. The molecule has 0 spiro atoms. The maximum atomic E-state index is 12.3. The number of aliphatic carboxylic acids is 1. The molecule has 0 aromatic heterocycles. The van der Waals surface area contributed by atoms with Crippen molar-refractivity contribution in [3.8, 4) is 0 Å². The highest BCUT2D eigenvalue weighted by atomic mass is 16.4. The summed E-state index contributed by atoms with van der Waals surface area (Å²) in [4.78, 5) is 38.1. The van der Waals surface area contributed by atoms with E-state index in [0.29, 0.717) is 25.9 Å². The van der Waals surface area contributed by atoms with Crippen molar-refractivity contribution in [2.75, 3.05) is 26.2 Å². The van der Waals surface area contributed by atoms with Crippen molar-refractivity contribution in [1.29, 1.82) is 0 Å². The smallest absolute Gasteiger partial charge is 0.323 e. The van der Waals surface area contributed by atoms with Gasteiger partial charge in [0, 0.05) is 31.5 Å². The van der Waals surface area contributed by atoms with Gasteiger partial charge in [0.15, 0.2) is 0 Å². The van der Waals surface area contributed by atoms with Gasteiger partial charge < -0.3 is 14.9 Å². The summed E-state index contributed by atoms with van der Waals surface area (Å²) in [5.41, 5.74) is 0. The second-order valence-electron chi connectivity index (χ2n) is 5.66. The second kappa shape index (κ2) is 7.81. The molecule has 1 heterocycles. The van der Waals surface area contributed by atoms with E-state index in [-0.39, 0.29) is 36.7 Å². The topological polar surface area (TPSA) is 77.9 Å². The van der Waals surface area contributed by atoms with Crippen molar-refractivity contribution in [3.63, 3.8) is 0 Å². The molecule has 0 aliphatic carbocycles. The number of piperidine rings is 1. The van der Waals surface area contributed by atoms with E-state index in [0.717, 1.165) is 0 Å². The molecule has 6 nitrogen and oxygen atoms in total. The Morgan fingerprint density at radius 2 is 1.90 bits per heavy atom. The normalized spacial score (nSPS) is 15.9. The molecule has 0 unspecified atom stereocenters. The first kappa shape index (κ1) is 17.2. The SMILES string of the molecule is C=CCN(CC(=O)O)C(=O)C1CCN(C(=O)C(C)C)CC1. The number of hydrogen-bond acceptors (Lipinski definition) is 3. The van der Waals surface area contributed by atoms with E-state index in [2.05, 4.69) is 6.58 Å². The zero-order valence-corrected chi connectivity index (χ0v) is 12.7. The molecule has 0 radical (unpaired) electrons. The predicted octanol–water partition coefficient (Wildman–Crippen LogP) is 0.980. The molecule has 1 N–H and O–H groups in total. The minimum atomic E-state index is -1.03. The van der Waals surface area contributed by atoms with Crippen LogP contribution in [-0.2, 0) is 14.4 Å². The Kier molecular flexibility index (Phi) is 6.39. The lowest BCUT2D eigenvalue weighted by Gasteiger charge is -2.34. The number of carbonyl (C=O) groups excluding carboxylic acids is 2. The molecular formula is C15H24N2O4. The first-order chi connectivity index (χ1) is 9.86. The number of carboxylic acids is 1. The summed E-state index contributed by atoms with van der Waals surface area (Å²) in [7, 11) is 0. The van der Waals surface area contributed by atoms with Gasteiger partial charge in [-0.1, -0.05) is 19.9 Å². The number of nitrogens with zero attached hydrogens (tertiary/aromatic N) is 2. The summed E-state index contributed by atoms with van der Waals surface area (Å²) in [6.45, 7) is 8.31. The largest absolute Gasteiger partial charge is 0.480 e. The third-order valence-corrected chi connectivity index (χ3v) is 3.64. The number of amides is 2. The van der Waals surface area contributed by atoms with Gasteiger partial charge in [0.05, 0.1) is 0 Å². The lowest BCUT2D eigenvalue weighted by Crippen LogP contribution is -2.46. The van der Waals surface area contributed by atoms with E-state index in [4.69, 9.17) is 5.11 Å². The number of carboxylic acid groups (broad SMARTS) is 1. The molecule has 1 aliphatic heterocycles. The molecule has 1 aliphatic rings. The fraction of sp³-hybridized carbons (Fsp3) is 0.667. The molecule has 21 heavy (non-hydrogen) atoms. The third-order valence-electron chi connectivity index (χ3n) is 3.64. The quantitative estimate of drug-likeness (QED) is 0.741. The number of likely N-dealkylation sites (tertiary alicyclic amines) is 1. The summed E-state index contributed by atoms with van der Waals surface area (Å²) in [5, 5.41) is 8.85. The Morgan fingerprint density at radius 1 is 1.33 bits per heavy atom. The van der Waals surface area contributed by atoms with Gasteiger partial charge in [-0.3, -0.25) is 14.4 Å². The second-order valence-corrected chi connectivity index (χ2v) is 5.66. The standard InChI is InChI=1S/C15H24N2O4/c1-4-7-17(10-13(18)19)15(21)12-5-8-16(9-6-12)14(20)11(2)3/h4,11-12H,1,5-10H2,2-3H3,(H,18,19). The van der Waals surface area contributed by atoms with Crippen molar-refractivity contribution in [3.05, 3.63) is 12.7 Å². The first-order valence-corrected chi connectivity index (χ1v) is 7.27. The zero-order valence-electron chi connectivity index (χ0n) is 12.7. The van der Waals surface area contributed by atoms with Crippen molar-refractivity contribution in [2.24, 2.45) is 11.8 Å².